The van der Waals surface area contributed by atoms with Crippen LogP contribution in [0.5, 0.6) is 0 Å². The van der Waals surface area contributed by atoms with Crippen molar-refractivity contribution in [1.29, 1.82) is 0 Å². The normalized spacial score (nSPS) is 11.6. The largest absolute Gasteiger partial charge is 0.481 e. The molecule has 2 rings (SSSR count). The molecule has 0 fully saturated rings. The summed E-state index contributed by atoms with van der Waals surface area (Å²) in [6, 6.07) is 5.80. The third-order valence-corrected chi connectivity index (χ3v) is 3.94. The van der Waals surface area contributed by atoms with E-state index >= 15 is 0 Å². The van der Waals surface area contributed by atoms with Crippen molar-refractivity contribution in [3.8, 4) is 0 Å². The van der Waals surface area contributed by atoms with E-state index in [1.165, 1.54) is 0 Å². The maximum Gasteiger partial charge on any atom is 0.326 e. The molecule has 0 saturated heterocycles. The number of nitrogens with two attached hydrogens (primary N) is 2. The Labute approximate surface area is 159 Å². The quantitative estimate of drug-likeness (QED) is 0.296. The van der Waals surface area contributed by atoms with E-state index in [2.05, 4.69) is 20.6 Å². The predicted molar refractivity (Wildman–Crippen MR) is 104 cm³/mol. The number of aliphatic carboxylic acids is 2. The van der Waals surface area contributed by atoms with Crippen LogP contribution in [0, 0.1) is 0 Å². The summed E-state index contributed by atoms with van der Waals surface area (Å²) in [5, 5.41) is 23.8. The van der Waals surface area contributed by atoms with E-state index in [1.54, 1.807) is 24.3 Å². The summed E-state index contributed by atoms with van der Waals surface area (Å²) >= 11 is 0. The molecule has 1 aromatic carbocycles. The molecule has 11 nitrogen and oxygen atoms in total. The first kappa shape index (κ1) is 20.6. The number of nitrogens with one attached hydrogen (secondary N) is 3. The van der Waals surface area contributed by atoms with Crippen LogP contribution in [-0.2, 0) is 16.0 Å². The van der Waals surface area contributed by atoms with Gasteiger partial charge >= 0.3 is 11.9 Å². The number of aromatic amines is 1. The number of aromatic nitrogens is 2. The molecule has 0 bridgehead atoms. The molecule has 1 atom stereocenters. The fourth-order valence-corrected chi connectivity index (χ4v) is 2.52. The minimum atomic E-state index is -1.12. The number of anilines is 4. The SMILES string of the molecule is Nc1nc(N)c(CCNc2ccc(N[C@@H](CCC(=O)O)C(=O)O)cc2)c(=O)[nH]1. The summed E-state index contributed by atoms with van der Waals surface area (Å²) in [6.45, 7) is 0.419. The van der Waals surface area contributed by atoms with Crippen LogP contribution in [0.2, 0.25) is 0 Å². The van der Waals surface area contributed by atoms with Crippen molar-refractivity contribution in [3.05, 3.63) is 40.2 Å². The van der Waals surface area contributed by atoms with E-state index in [4.69, 9.17) is 21.7 Å². The smallest absolute Gasteiger partial charge is 0.326 e. The predicted octanol–water partition coefficient (Wildman–Crippen LogP) is 0.319. The molecule has 2 aromatic rings. The van der Waals surface area contributed by atoms with Gasteiger partial charge in [0.2, 0.25) is 5.95 Å². The molecular weight excluding hydrogens is 368 g/mol. The van der Waals surface area contributed by atoms with Gasteiger partial charge in [0.15, 0.2) is 0 Å². The van der Waals surface area contributed by atoms with Crippen molar-refractivity contribution in [1.82, 2.24) is 9.97 Å². The molecule has 0 unspecified atom stereocenters. The molecule has 0 saturated carbocycles. The van der Waals surface area contributed by atoms with E-state index in [1.807, 2.05) is 0 Å². The van der Waals surface area contributed by atoms with Crippen LogP contribution in [0.3, 0.4) is 0 Å². The van der Waals surface area contributed by atoms with Gasteiger partial charge < -0.3 is 32.3 Å². The fourth-order valence-electron chi connectivity index (χ4n) is 2.52. The first-order valence-electron chi connectivity index (χ1n) is 8.45. The van der Waals surface area contributed by atoms with Crippen molar-refractivity contribution < 1.29 is 19.8 Å². The lowest BCUT2D eigenvalue weighted by Gasteiger charge is -2.15. The van der Waals surface area contributed by atoms with E-state index < -0.39 is 18.0 Å². The van der Waals surface area contributed by atoms with Gasteiger partial charge in [0.1, 0.15) is 11.9 Å². The van der Waals surface area contributed by atoms with Crippen LogP contribution in [0.25, 0.3) is 0 Å². The van der Waals surface area contributed by atoms with Gasteiger partial charge in [0.25, 0.3) is 5.56 Å². The van der Waals surface area contributed by atoms with Gasteiger partial charge in [-0.05, 0) is 37.1 Å². The van der Waals surface area contributed by atoms with Crippen LogP contribution in [0.1, 0.15) is 18.4 Å². The molecule has 0 aliphatic heterocycles. The molecular formula is C17H22N6O5. The number of nitrogens with zero attached hydrogens (tertiary/aromatic N) is 1. The second-order valence-corrected chi connectivity index (χ2v) is 6.04. The van der Waals surface area contributed by atoms with Crippen LogP contribution >= 0.6 is 0 Å². The highest BCUT2D eigenvalue weighted by molar-refractivity contribution is 5.78. The molecule has 0 radical (unpaired) electrons. The Morgan fingerprint density at radius 3 is 2.36 bits per heavy atom. The zero-order valence-electron chi connectivity index (χ0n) is 14.9. The van der Waals surface area contributed by atoms with Gasteiger partial charge in [0, 0.05) is 24.3 Å². The highest BCUT2D eigenvalue weighted by atomic mass is 16.4. The molecule has 28 heavy (non-hydrogen) atoms. The Hall–Kier alpha value is -3.76. The lowest BCUT2D eigenvalue weighted by atomic mass is 10.1. The Balaban J connectivity index is 1.91. The third-order valence-electron chi connectivity index (χ3n) is 3.94. The van der Waals surface area contributed by atoms with E-state index in [0.717, 1.165) is 5.69 Å². The van der Waals surface area contributed by atoms with E-state index in [0.29, 0.717) is 24.2 Å². The van der Waals surface area contributed by atoms with Crippen LogP contribution < -0.4 is 27.7 Å². The zero-order chi connectivity index (χ0) is 20.7. The second-order valence-electron chi connectivity index (χ2n) is 6.04. The highest BCUT2D eigenvalue weighted by Gasteiger charge is 2.18. The van der Waals surface area contributed by atoms with Gasteiger partial charge in [-0.3, -0.25) is 14.6 Å². The average Bonchev–Trinajstić information content (AvgIpc) is 2.61. The number of benzene rings is 1. The monoisotopic (exact) mass is 390 g/mol. The molecule has 1 aromatic heterocycles. The van der Waals surface area contributed by atoms with Crippen molar-refractivity contribution in [2.45, 2.75) is 25.3 Å². The van der Waals surface area contributed by atoms with Crippen LogP contribution in [0.15, 0.2) is 29.1 Å². The Kier molecular flexibility index (Phi) is 6.79. The maximum atomic E-state index is 11.8. The molecule has 0 aliphatic carbocycles. The number of hydrogen-bond donors (Lipinski definition) is 7. The zero-order valence-corrected chi connectivity index (χ0v) is 14.9. The summed E-state index contributed by atoms with van der Waals surface area (Å²) in [6.07, 6.45) is 0.0623. The summed E-state index contributed by atoms with van der Waals surface area (Å²) in [5.41, 5.74) is 12.4. The van der Waals surface area contributed by atoms with Gasteiger partial charge in [-0.25, -0.2) is 4.79 Å². The number of carboxylic acid groups (broad SMARTS) is 2. The van der Waals surface area contributed by atoms with E-state index in [9.17, 15) is 14.4 Å². The molecule has 0 spiro atoms. The maximum absolute atomic E-state index is 11.8. The number of carboxylic acids is 2. The second kappa shape index (κ2) is 9.26. The lowest BCUT2D eigenvalue weighted by Crippen LogP contribution is -2.29. The third kappa shape index (κ3) is 5.90. The number of nitrogen functional groups attached to an aromatic ring is 2. The van der Waals surface area contributed by atoms with Crippen molar-refractivity contribution in [2.75, 3.05) is 28.6 Å². The molecule has 0 amide bonds. The number of carbonyl (C=O) groups is 2. The molecule has 0 aliphatic rings. The van der Waals surface area contributed by atoms with Crippen molar-refractivity contribution >= 4 is 35.1 Å². The Morgan fingerprint density at radius 2 is 1.79 bits per heavy atom. The van der Waals surface area contributed by atoms with Gasteiger partial charge in [-0.15, -0.1) is 0 Å². The summed E-state index contributed by atoms with van der Waals surface area (Å²) in [4.78, 5) is 39.9. The molecule has 150 valence electrons. The fraction of sp³-hybridized carbons (Fsp3) is 0.294. The Bertz CT molecular complexity index is 896. The molecule has 1 heterocycles. The Morgan fingerprint density at radius 1 is 1.14 bits per heavy atom. The highest BCUT2D eigenvalue weighted by Crippen LogP contribution is 2.16. The van der Waals surface area contributed by atoms with Gasteiger partial charge in [-0.1, -0.05) is 0 Å². The van der Waals surface area contributed by atoms with Crippen molar-refractivity contribution in [2.24, 2.45) is 0 Å². The van der Waals surface area contributed by atoms with Crippen LogP contribution in [0.4, 0.5) is 23.1 Å². The number of H-pyrrole nitrogens is 1. The first-order chi connectivity index (χ1) is 13.3. The summed E-state index contributed by atoms with van der Waals surface area (Å²) in [7, 11) is 0. The minimum Gasteiger partial charge on any atom is -0.481 e. The van der Waals surface area contributed by atoms with Gasteiger partial charge in [-0.2, -0.15) is 4.98 Å². The molecule has 9 N–H and O–H groups in total. The molecule has 11 heteroatoms. The van der Waals surface area contributed by atoms with Gasteiger partial charge in [0.05, 0.1) is 5.56 Å². The standard InChI is InChI=1S/C17H22N6O5/c18-14-11(15(26)23-17(19)22-14)7-8-20-9-1-3-10(4-2-9)21-12(16(27)28)5-6-13(24)25/h1-4,12,20-21H,5-8H2,(H,24,25)(H,27,28)(H5,18,19,22,23,26)/t12-/m0/s1. The summed E-state index contributed by atoms with van der Waals surface area (Å²) in [5.74, 6) is -2.12. The number of rotatable bonds is 10. The first-order valence-corrected chi connectivity index (χ1v) is 8.45. The topological polar surface area (TPSA) is 196 Å². The lowest BCUT2D eigenvalue weighted by molar-refractivity contribution is -0.139. The minimum absolute atomic E-state index is 0.0315. The number of hydrogen-bond acceptors (Lipinski definition) is 8. The van der Waals surface area contributed by atoms with Crippen molar-refractivity contribution in [3.63, 3.8) is 0 Å². The van der Waals surface area contributed by atoms with Crippen LogP contribution in [-0.4, -0.2) is 44.7 Å². The summed E-state index contributed by atoms with van der Waals surface area (Å²) < 4.78 is 0. The van der Waals surface area contributed by atoms with E-state index in [-0.39, 0.29) is 30.2 Å². The average molecular weight is 390 g/mol.